The van der Waals surface area contributed by atoms with Gasteiger partial charge in [0.15, 0.2) is 0 Å². The number of likely N-dealkylation sites (N-methyl/N-ethyl adjacent to an activating group) is 2. The summed E-state index contributed by atoms with van der Waals surface area (Å²) in [6, 6.07) is 0. The maximum Gasteiger partial charge on any atom is 0.220 e. The van der Waals surface area contributed by atoms with Gasteiger partial charge in [-0.25, -0.2) is 0 Å². The molecule has 6 nitrogen and oxygen atoms in total. The van der Waals surface area contributed by atoms with Crippen molar-refractivity contribution < 1.29 is 9.59 Å². The molecule has 0 aliphatic heterocycles. The van der Waals surface area contributed by atoms with Crippen molar-refractivity contribution in [3.8, 4) is 0 Å². The van der Waals surface area contributed by atoms with E-state index in [2.05, 4.69) is 20.9 Å². The second-order valence-electron chi connectivity index (χ2n) is 4.60. The zero-order valence-corrected chi connectivity index (χ0v) is 12.4. The van der Waals surface area contributed by atoms with Crippen LogP contribution in [-0.2, 0) is 9.59 Å². The predicted octanol–water partition coefficient (Wildman–Crippen LogP) is -0.787. The van der Waals surface area contributed by atoms with Gasteiger partial charge in [0.05, 0.1) is 0 Å². The van der Waals surface area contributed by atoms with E-state index in [4.69, 9.17) is 0 Å². The van der Waals surface area contributed by atoms with E-state index in [1.807, 2.05) is 14.1 Å². The van der Waals surface area contributed by atoms with Crippen LogP contribution in [-0.4, -0.2) is 70.0 Å². The molecule has 0 aliphatic carbocycles. The van der Waals surface area contributed by atoms with Crippen LogP contribution in [0, 0.1) is 0 Å². The number of nitrogens with one attached hydrogen (secondary N) is 3. The van der Waals surface area contributed by atoms with E-state index < -0.39 is 0 Å². The third-order valence-corrected chi connectivity index (χ3v) is 2.81. The minimum absolute atomic E-state index is 0.0441. The number of hydrogen-bond donors (Lipinski definition) is 3. The molecule has 0 atom stereocenters. The van der Waals surface area contributed by atoms with Crippen molar-refractivity contribution in [2.24, 2.45) is 0 Å². The lowest BCUT2D eigenvalue weighted by atomic mass is 10.2. The Balaban J connectivity index is 3.76. The highest BCUT2D eigenvalue weighted by Crippen LogP contribution is 1.90. The van der Waals surface area contributed by atoms with Crippen LogP contribution < -0.4 is 16.0 Å². The standard InChI is InChI=1S/C13H28N4O2/c1-12(18)4-5-13(19)16-8-11-17(9-6-14-2)10-7-15-3/h14-15H,4-11H2,1-3H3,(H,16,19). The highest BCUT2D eigenvalue weighted by molar-refractivity contribution is 5.83. The summed E-state index contributed by atoms with van der Waals surface area (Å²) in [5.74, 6) is 0.0113. The summed E-state index contributed by atoms with van der Waals surface area (Å²) in [5.41, 5.74) is 0. The Bertz CT molecular complexity index is 251. The Kier molecular flexibility index (Phi) is 11.5. The maximum absolute atomic E-state index is 11.5. The summed E-state index contributed by atoms with van der Waals surface area (Å²) >= 11 is 0. The monoisotopic (exact) mass is 272 g/mol. The highest BCUT2D eigenvalue weighted by atomic mass is 16.2. The molecule has 3 N–H and O–H groups in total. The molecule has 112 valence electrons. The van der Waals surface area contributed by atoms with E-state index in [0.717, 1.165) is 32.7 Å². The topological polar surface area (TPSA) is 73.5 Å². The second-order valence-corrected chi connectivity index (χ2v) is 4.60. The normalized spacial score (nSPS) is 10.7. The summed E-state index contributed by atoms with van der Waals surface area (Å²) in [4.78, 5) is 24.5. The number of hydrogen-bond acceptors (Lipinski definition) is 5. The van der Waals surface area contributed by atoms with Gasteiger partial charge in [0, 0.05) is 52.1 Å². The molecule has 0 radical (unpaired) electrons. The van der Waals surface area contributed by atoms with Crippen molar-refractivity contribution in [2.45, 2.75) is 19.8 Å². The molecule has 0 fully saturated rings. The highest BCUT2D eigenvalue weighted by Gasteiger charge is 2.06. The molecule has 0 aromatic rings. The first kappa shape index (κ1) is 18.0. The van der Waals surface area contributed by atoms with Crippen molar-refractivity contribution in [1.29, 1.82) is 0 Å². The number of amides is 1. The van der Waals surface area contributed by atoms with Crippen molar-refractivity contribution in [3.63, 3.8) is 0 Å². The first-order chi connectivity index (χ1) is 9.10. The summed E-state index contributed by atoms with van der Waals surface area (Å²) in [6.07, 6.45) is 0.622. The number of nitrogens with zero attached hydrogens (tertiary/aromatic N) is 1. The van der Waals surface area contributed by atoms with Crippen molar-refractivity contribution in [3.05, 3.63) is 0 Å². The molecule has 0 aromatic heterocycles. The Labute approximate surface area is 116 Å². The van der Waals surface area contributed by atoms with Crippen LogP contribution in [0.1, 0.15) is 19.8 Å². The Hall–Kier alpha value is -0.980. The predicted molar refractivity (Wildman–Crippen MR) is 77.2 cm³/mol. The lowest BCUT2D eigenvalue weighted by Gasteiger charge is -2.22. The van der Waals surface area contributed by atoms with E-state index >= 15 is 0 Å². The fourth-order valence-electron chi connectivity index (χ4n) is 1.61. The van der Waals surface area contributed by atoms with Crippen LogP contribution in [0.2, 0.25) is 0 Å². The van der Waals surface area contributed by atoms with E-state index in [0.29, 0.717) is 19.4 Å². The molecule has 19 heavy (non-hydrogen) atoms. The molecular formula is C13H28N4O2. The fourth-order valence-corrected chi connectivity index (χ4v) is 1.61. The number of rotatable bonds is 12. The third-order valence-electron chi connectivity index (χ3n) is 2.81. The Morgan fingerprint density at radius 2 is 1.42 bits per heavy atom. The lowest BCUT2D eigenvalue weighted by Crippen LogP contribution is -2.40. The van der Waals surface area contributed by atoms with E-state index in [-0.39, 0.29) is 11.7 Å². The SMILES string of the molecule is CNCCN(CCNC)CCNC(=O)CCC(C)=O. The van der Waals surface area contributed by atoms with Gasteiger partial charge >= 0.3 is 0 Å². The van der Waals surface area contributed by atoms with Gasteiger partial charge in [-0.1, -0.05) is 0 Å². The zero-order valence-electron chi connectivity index (χ0n) is 12.4. The molecule has 0 unspecified atom stereocenters. The van der Waals surface area contributed by atoms with Gasteiger partial charge in [-0.05, 0) is 21.0 Å². The minimum atomic E-state index is -0.0441. The fraction of sp³-hybridized carbons (Fsp3) is 0.846. The zero-order chi connectivity index (χ0) is 14.5. The van der Waals surface area contributed by atoms with Gasteiger partial charge < -0.3 is 20.7 Å². The average Bonchev–Trinajstić information content (AvgIpc) is 2.38. The summed E-state index contributed by atoms with van der Waals surface area (Å²) in [7, 11) is 3.86. The molecule has 0 saturated carbocycles. The molecule has 1 amide bonds. The summed E-state index contributed by atoms with van der Waals surface area (Å²) in [6.45, 7) is 6.75. The molecule has 6 heteroatoms. The minimum Gasteiger partial charge on any atom is -0.355 e. The maximum atomic E-state index is 11.5. The molecule has 0 heterocycles. The van der Waals surface area contributed by atoms with Crippen molar-refractivity contribution in [2.75, 3.05) is 53.4 Å². The second kappa shape index (κ2) is 12.1. The molecule has 0 spiro atoms. The van der Waals surface area contributed by atoms with Crippen LogP contribution >= 0.6 is 0 Å². The van der Waals surface area contributed by atoms with Gasteiger partial charge in [-0.2, -0.15) is 0 Å². The first-order valence-electron chi connectivity index (χ1n) is 6.87. The van der Waals surface area contributed by atoms with Gasteiger partial charge in [-0.3, -0.25) is 9.69 Å². The molecule has 0 bridgehead atoms. The quantitative estimate of drug-likeness (QED) is 0.434. The third kappa shape index (κ3) is 11.8. The average molecular weight is 272 g/mol. The van der Waals surface area contributed by atoms with Crippen LogP contribution in [0.4, 0.5) is 0 Å². The molecule has 0 rings (SSSR count). The van der Waals surface area contributed by atoms with Crippen LogP contribution in [0.25, 0.3) is 0 Å². The van der Waals surface area contributed by atoms with E-state index in [1.54, 1.807) is 0 Å². The van der Waals surface area contributed by atoms with Crippen molar-refractivity contribution >= 4 is 11.7 Å². The summed E-state index contributed by atoms with van der Waals surface area (Å²) in [5, 5.41) is 9.09. The largest absolute Gasteiger partial charge is 0.355 e. The number of Topliss-reactive ketones (excluding diaryl/α,β-unsaturated/α-hetero) is 1. The Morgan fingerprint density at radius 1 is 0.895 bits per heavy atom. The Morgan fingerprint density at radius 3 is 1.89 bits per heavy atom. The number of carbonyl (C=O) groups excluding carboxylic acids is 2. The van der Waals surface area contributed by atoms with Gasteiger partial charge in [0.1, 0.15) is 5.78 Å². The van der Waals surface area contributed by atoms with Gasteiger partial charge in [0.25, 0.3) is 0 Å². The van der Waals surface area contributed by atoms with Crippen molar-refractivity contribution in [1.82, 2.24) is 20.9 Å². The van der Waals surface area contributed by atoms with Crippen LogP contribution in [0.15, 0.2) is 0 Å². The molecular weight excluding hydrogens is 244 g/mol. The smallest absolute Gasteiger partial charge is 0.220 e. The van der Waals surface area contributed by atoms with Gasteiger partial charge in [0.2, 0.25) is 5.91 Å². The number of ketones is 1. The van der Waals surface area contributed by atoms with E-state index in [9.17, 15) is 9.59 Å². The summed E-state index contributed by atoms with van der Waals surface area (Å²) < 4.78 is 0. The number of carbonyl (C=O) groups is 2. The first-order valence-corrected chi connectivity index (χ1v) is 6.87. The molecule has 0 aliphatic rings. The van der Waals surface area contributed by atoms with E-state index in [1.165, 1.54) is 6.92 Å². The lowest BCUT2D eigenvalue weighted by molar-refractivity contribution is -0.124. The van der Waals surface area contributed by atoms with Crippen LogP contribution in [0.3, 0.4) is 0 Å². The van der Waals surface area contributed by atoms with Gasteiger partial charge in [-0.15, -0.1) is 0 Å². The molecule has 0 saturated heterocycles. The van der Waals surface area contributed by atoms with Crippen LogP contribution in [0.5, 0.6) is 0 Å². The molecule has 0 aromatic carbocycles.